The molecule has 3 aliphatic rings. The van der Waals surface area contributed by atoms with Crippen LogP contribution < -0.4 is 4.74 Å². The molecular weight excluding hydrogens is 781 g/mol. The highest BCUT2D eigenvalue weighted by atomic mass is 32.1. The summed E-state index contributed by atoms with van der Waals surface area (Å²) in [5.74, 6) is 1.80. The van der Waals surface area contributed by atoms with Gasteiger partial charge in [-0.1, -0.05) is 181 Å². The fraction of sp³-hybridized carbons (Fsp3) is 0.148. The van der Waals surface area contributed by atoms with E-state index in [0.717, 1.165) is 17.1 Å². The Balaban J connectivity index is 1.03. The van der Waals surface area contributed by atoms with Crippen molar-refractivity contribution in [2.45, 2.75) is 57.8 Å². The minimum absolute atomic E-state index is 0.00372. The van der Waals surface area contributed by atoms with Crippen molar-refractivity contribution in [1.29, 1.82) is 0 Å². The lowest BCUT2D eigenvalue weighted by molar-refractivity contribution is 0.487. The van der Waals surface area contributed by atoms with Crippen molar-refractivity contribution < 1.29 is 4.74 Å². The maximum atomic E-state index is 6.85. The number of hydrogen-bond acceptors (Lipinski definition) is 2. The Bertz CT molecular complexity index is 3560. The molecule has 2 heteroatoms. The summed E-state index contributed by atoms with van der Waals surface area (Å²) >= 11 is 1.88. The smallest absolute Gasteiger partial charge is 0.135 e. The van der Waals surface area contributed by atoms with Crippen LogP contribution in [0.5, 0.6) is 11.5 Å². The van der Waals surface area contributed by atoms with Crippen LogP contribution in [0.15, 0.2) is 170 Å². The largest absolute Gasteiger partial charge is 0.456 e. The second-order valence-electron chi connectivity index (χ2n) is 20.0. The molecule has 0 saturated carbocycles. The molecular formula is C61H46OS. The highest BCUT2D eigenvalue weighted by Gasteiger charge is 2.52. The molecule has 1 spiro atoms. The monoisotopic (exact) mass is 826 g/mol. The molecule has 0 amide bonds. The average Bonchev–Trinajstić information content (AvgIpc) is 3.92. The highest BCUT2D eigenvalue weighted by Crippen LogP contribution is 2.65. The van der Waals surface area contributed by atoms with Crippen LogP contribution in [0.1, 0.15) is 74.9 Å². The van der Waals surface area contributed by atoms with Crippen molar-refractivity contribution in [2.75, 3.05) is 0 Å². The zero-order chi connectivity index (χ0) is 42.6. The Morgan fingerprint density at radius 1 is 0.397 bits per heavy atom. The summed E-state index contributed by atoms with van der Waals surface area (Å²) in [5, 5.41) is 5.01. The second-order valence-corrected chi connectivity index (χ2v) is 21.0. The number of benzene rings is 9. The molecule has 10 aromatic rings. The van der Waals surface area contributed by atoms with E-state index in [4.69, 9.17) is 4.74 Å². The van der Waals surface area contributed by atoms with Crippen LogP contribution in [0.25, 0.3) is 86.6 Å². The third-order valence-electron chi connectivity index (χ3n) is 14.4. The van der Waals surface area contributed by atoms with E-state index in [0.29, 0.717) is 0 Å². The third-order valence-corrected chi connectivity index (χ3v) is 15.7. The average molecular weight is 827 g/mol. The van der Waals surface area contributed by atoms with E-state index in [1.54, 1.807) is 0 Å². The number of fused-ring (bicyclic) bond motifs is 15. The summed E-state index contributed by atoms with van der Waals surface area (Å²) in [6.07, 6.45) is 0. The lowest BCUT2D eigenvalue weighted by atomic mass is 9.68. The molecule has 9 aromatic carbocycles. The molecule has 1 nitrogen and oxygen atoms in total. The first-order valence-electron chi connectivity index (χ1n) is 22.3. The third kappa shape index (κ3) is 4.99. The minimum Gasteiger partial charge on any atom is -0.456 e. The van der Waals surface area contributed by atoms with Gasteiger partial charge in [0.05, 0.1) is 5.41 Å². The van der Waals surface area contributed by atoms with Gasteiger partial charge < -0.3 is 4.74 Å². The quantitative estimate of drug-likeness (QED) is 0.169. The Kier molecular flexibility index (Phi) is 7.42. The van der Waals surface area contributed by atoms with Crippen LogP contribution in [0.3, 0.4) is 0 Å². The molecule has 0 saturated heterocycles. The van der Waals surface area contributed by atoms with Crippen LogP contribution in [0.2, 0.25) is 0 Å². The van der Waals surface area contributed by atoms with Crippen LogP contribution in [-0.2, 0) is 16.2 Å². The maximum Gasteiger partial charge on any atom is 0.135 e. The minimum atomic E-state index is -0.454. The highest BCUT2D eigenvalue weighted by molar-refractivity contribution is 7.26. The van der Waals surface area contributed by atoms with Gasteiger partial charge in [0.15, 0.2) is 0 Å². The molecule has 2 aliphatic carbocycles. The molecule has 0 radical (unpaired) electrons. The number of hydrogen-bond donors (Lipinski definition) is 0. The first-order valence-corrected chi connectivity index (χ1v) is 23.1. The van der Waals surface area contributed by atoms with Gasteiger partial charge in [0.2, 0.25) is 0 Å². The van der Waals surface area contributed by atoms with Gasteiger partial charge in [0.25, 0.3) is 0 Å². The van der Waals surface area contributed by atoms with E-state index in [2.05, 4.69) is 211 Å². The fourth-order valence-corrected chi connectivity index (χ4v) is 12.6. The van der Waals surface area contributed by atoms with E-state index in [-0.39, 0.29) is 10.8 Å². The fourth-order valence-electron chi connectivity index (χ4n) is 11.4. The van der Waals surface area contributed by atoms with E-state index < -0.39 is 5.41 Å². The van der Waals surface area contributed by atoms with E-state index in [9.17, 15) is 0 Å². The second kappa shape index (κ2) is 12.7. The maximum absolute atomic E-state index is 6.85. The molecule has 1 aliphatic heterocycles. The molecule has 63 heavy (non-hydrogen) atoms. The molecule has 0 N–H and O–H groups in total. The predicted octanol–water partition coefficient (Wildman–Crippen LogP) is 17.3. The first-order chi connectivity index (χ1) is 30.5. The predicted molar refractivity (Wildman–Crippen MR) is 267 cm³/mol. The Morgan fingerprint density at radius 3 is 1.75 bits per heavy atom. The summed E-state index contributed by atoms with van der Waals surface area (Å²) < 4.78 is 9.49. The lowest BCUT2D eigenvalue weighted by Gasteiger charge is -2.33. The standard InChI is InChI=1S/C61H46OS/c1-59(2,3)36-25-27-40-41-28-26-37(60(4,5)6)34-52(41)61(51(40)33-36)49-21-9-7-15-47(49)56-38(16-13-22-50(56)61)35-24-30-53-48(32-35)44-18-11-17-43-39(29-31-54(62-53)57(43)44)45-19-12-20-46-42-14-8-10-23-55(42)63-58(45)46/h7-34H,1-6H3. The van der Waals surface area contributed by atoms with Gasteiger partial charge >= 0.3 is 0 Å². The zero-order valence-corrected chi connectivity index (χ0v) is 37.3. The van der Waals surface area contributed by atoms with Crippen molar-refractivity contribution in [1.82, 2.24) is 0 Å². The van der Waals surface area contributed by atoms with Gasteiger partial charge in [-0.25, -0.2) is 0 Å². The Hall–Kier alpha value is -6.74. The Morgan fingerprint density at radius 2 is 0.984 bits per heavy atom. The van der Waals surface area contributed by atoms with Gasteiger partial charge in [-0.3, -0.25) is 0 Å². The summed E-state index contributed by atoms with van der Waals surface area (Å²) in [6.45, 7) is 14.0. The van der Waals surface area contributed by atoms with Crippen LogP contribution >= 0.6 is 11.3 Å². The molecule has 2 heterocycles. The van der Waals surface area contributed by atoms with Crippen molar-refractivity contribution in [2.24, 2.45) is 0 Å². The number of thiophene rings is 1. The van der Waals surface area contributed by atoms with E-state index in [1.807, 2.05) is 11.3 Å². The first kappa shape index (κ1) is 36.9. The SMILES string of the molecule is CC(C)(C)c1ccc2c(c1)C1(c3cc(C(C)(C)C)ccc3-2)c2ccccc2-c2c(-c3ccc4c(c3)-c3cccc5c(-c6cccc7c6sc6ccccc67)ccc(c35)O4)cccc21. The topological polar surface area (TPSA) is 9.23 Å². The van der Waals surface area contributed by atoms with Gasteiger partial charge in [0.1, 0.15) is 11.5 Å². The van der Waals surface area contributed by atoms with Crippen molar-refractivity contribution in [3.8, 4) is 67.1 Å². The van der Waals surface area contributed by atoms with Gasteiger partial charge in [-0.2, -0.15) is 0 Å². The molecule has 0 bridgehead atoms. The molecule has 0 atom stereocenters. The summed E-state index contributed by atoms with van der Waals surface area (Å²) in [6, 6.07) is 64.5. The summed E-state index contributed by atoms with van der Waals surface area (Å²) in [4.78, 5) is 0. The van der Waals surface area contributed by atoms with Crippen molar-refractivity contribution >= 4 is 42.3 Å². The molecule has 0 unspecified atom stereocenters. The lowest BCUT2D eigenvalue weighted by Crippen LogP contribution is -2.27. The van der Waals surface area contributed by atoms with Crippen LogP contribution in [0.4, 0.5) is 0 Å². The normalized spacial score (nSPS) is 14.1. The zero-order valence-electron chi connectivity index (χ0n) is 36.5. The van der Waals surface area contributed by atoms with Crippen LogP contribution in [0, 0.1) is 0 Å². The van der Waals surface area contributed by atoms with Gasteiger partial charge in [0, 0.05) is 36.7 Å². The van der Waals surface area contributed by atoms with E-state index >= 15 is 0 Å². The Labute approximate surface area is 373 Å². The van der Waals surface area contributed by atoms with Gasteiger partial charge in [-0.15, -0.1) is 11.3 Å². The summed E-state index contributed by atoms with van der Waals surface area (Å²) in [7, 11) is 0. The van der Waals surface area contributed by atoms with Crippen LogP contribution in [-0.4, -0.2) is 0 Å². The number of rotatable bonds is 2. The van der Waals surface area contributed by atoms with Crippen molar-refractivity contribution in [3.63, 3.8) is 0 Å². The number of ether oxygens (including phenoxy) is 1. The van der Waals surface area contributed by atoms with E-state index in [1.165, 1.54) is 114 Å². The van der Waals surface area contributed by atoms with Gasteiger partial charge in [-0.05, 0) is 124 Å². The molecule has 13 rings (SSSR count). The molecule has 0 fully saturated rings. The van der Waals surface area contributed by atoms with Crippen molar-refractivity contribution in [3.05, 3.63) is 203 Å². The molecule has 302 valence electrons. The summed E-state index contributed by atoms with van der Waals surface area (Å²) in [5.41, 5.74) is 20.4. The molecule has 1 aromatic heterocycles.